The SMILES string of the molecule is CCCNC(=O)Cc1cn(Cc2ccccc2)c2ccccc12. The minimum atomic E-state index is 0.0921. The molecule has 1 heterocycles. The number of amides is 1. The van der Waals surface area contributed by atoms with Crippen molar-refractivity contribution < 1.29 is 4.79 Å². The van der Waals surface area contributed by atoms with Crippen molar-refractivity contribution in [3.63, 3.8) is 0 Å². The lowest BCUT2D eigenvalue weighted by molar-refractivity contribution is -0.120. The summed E-state index contributed by atoms with van der Waals surface area (Å²) >= 11 is 0. The first-order valence-corrected chi connectivity index (χ1v) is 8.15. The summed E-state index contributed by atoms with van der Waals surface area (Å²) in [5.74, 6) is 0.0921. The van der Waals surface area contributed by atoms with E-state index in [0.717, 1.165) is 30.5 Å². The average Bonchev–Trinajstić information content (AvgIpc) is 2.92. The van der Waals surface area contributed by atoms with Crippen LogP contribution in [0.5, 0.6) is 0 Å². The lowest BCUT2D eigenvalue weighted by Gasteiger charge is -2.05. The van der Waals surface area contributed by atoms with Gasteiger partial charge in [0.15, 0.2) is 0 Å². The van der Waals surface area contributed by atoms with Crippen molar-refractivity contribution in [1.29, 1.82) is 0 Å². The minimum Gasteiger partial charge on any atom is -0.356 e. The molecular formula is C20H22N2O. The molecule has 0 unspecified atom stereocenters. The van der Waals surface area contributed by atoms with Gasteiger partial charge in [0, 0.05) is 30.2 Å². The molecule has 0 saturated carbocycles. The van der Waals surface area contributed by atoms with Gasteiger partial charge in [0.05, 0.1) is 6.42 Å². The summed E-state index contributed by atoms with van der Waals surface area (Å²) in [4.78, 5) is 12.1. The number of benzene rings is 2. The number of hydrogen-bond donors (Lipinski definition) is 1. The summed E-state index contributed by atoms with van der Waals surface area (Å²) < 4.78 is 2.23. The van der Waals surface area contributed by atoms with E-state index in [1.165, 1.54) is 11.1 Å². The molecule has 3 rings (SSSR count). The Morgan fingerprint density at radius 2 is 1.78 bits per heavy atom. The number of rotatable bonds is 6. The molecule has 3 aromatic rings. The van der Waals surface area contributed by atoms with E-state index in [-0.39, 0.29) is 5.91 Å². The van der Waals surface area contributed by atoms with Crippen molar-refractivity contribution >= 4 is 16.8 Å². The highest BCUT2D eigenvalue weighted by molar-refractivity contribution is 5.89. The predicted molar refractivity (Wildman–Crippen MR) is 94.5 cm³/mol. The fourth-order valence-corrected chi connectivity index (χ4v) is 2.87. The van der Waals surface area contributed by atoms with Crippen LogP contribution < -0.4 is 5.32 Å². The van der Waals surface area contributed by atoms with Crippen LogP contribution in [0.3, 0.4) is 0 Å². The van der Waals surface area contributed by atoms with E-state index in [1.54, 1.807) is 0 Å². The molecule has 0 saturated heterocycles. The van der Waals surface area contributed by atoms with Gasteiger partial charge >= 0.3 is 0 Å². The number of para-hydroxylation sites is 1. The zero-order chi connectivity index (χ0) is 16.1. The van der Waals surface area contributed by atoms with Gasteiger partial charge in [-0.05, 0) is 23.6 Å². The molecule has 1 aromatic heterocycles. The summed E-state index contributed by atoms with van der Waals surface area (Å²) in [6.45, 7) is 3.62. The average molecular weight is 306 g/mol. The van der Waals surface area contributed by atoms with Crippen LogP contribution in [0.15, 0.2) is 60.8 Å². The van der Waals surface area contributed by atoms with Crippen molar-refractivity contribution in [3.8, 4) is 0 Å². The van der Waals surface area contributed by atoms with Crippen LogP contribution in [0, 0.1) is 0 Å². The smallest absolute Gasteiger partial charge is 0.224 e. The number of nitrogens with one attached hydrogen (secondary N) is 1. The molecule has 0 aliphatic heterocycles. The Morgan fingerprint density at radius 1 is 1.04 bits per heavy atom. The summed E-state index contributed by atoms with van der Waals surface area (Å²) in [5, 5.41) is 4.12. The van der Waals surface area contributed by atoms with E-state index in [2.05, 4.69) is 59.4 Å². The quantitative estimate of drug-likeness (QED) is 0.739. The Hall–Kier alpha value is -2.55. The highest BCUT2D eigenvalue weighted by atomic mass is 16.1. The number of aromatic nitrogens is 1. The fraction of sp³-hybridized carbons (Fsp3) is 0.250. The minimum absolute atomic E-state index is 0.0921. The van der Waals surface area contributed by atoms with E-state index < -0.39 is 0 Å². The first kappa shape index (κ1) is 15.3. The molecule has 0 bridgehead atoms. The van der Waals surface area contributed by atoms with Crippen LogP contribution in [0.2, 0.25) is 0 Å². The first-order chi connectivity index (χ1) is 11.3. The van der Waals surface area contributed by atoms with Crippen molar-refractivity contribution in [2.75, 3.05) is 6.54 Å². The predicted octanol–water partition coefficient (Wildman–Crippen LogP) is 3.76. The maximum Gasteiger partial charge on any atom is 0.224 e. The van der Waals surface area contributed by atoms with Gasteiger partial charge in [-0.15, -0.1) is 0 Å². The molecule has 3 heteroatoms. The largest absolute Gasteiger partial charge is 0.356 e. The van der Waals surface area contributed by atoms with Gasteiger partial charge in [0.2, 0.25) is 5.91 Å². The lowest BCUT2D eigenvalue weighted by Crippen LogP contribution is -2.25. The Balaban J connectivity index is 1.89. The molecule has 0 aliphatic carbocycles. The molecule has 1 N–H and O–H groups in total. The number of hydrogen-bond acceptors (Lipinski definition) is 1. The van der Waals surface area contributed by atoms with E-state index in [0.29, 0.717) is 6.42 Å². The molecule has 0 radical (unpaired) electrons. The number of fused-ring (bicyclic) bond motifs is 1. The summed E-state index contributed by atoms with van der Waals surface area (Å²) in [5.41, 5.74) is 3.52. The van der Waals surface area contributed by atoms with Crippen molar-refractivity contribution in [2.24, 2.45) is 0 Å². The van der Waals surface area contributed by atoms with Crippen LogP contribution in [0.25, 0.3) is 10.9 Å². The Labute approximate surface area is 136 Å². The molecule has 23 heavy (non-hydrogen) atoms. The van der Waals surface area contributed by atoms with Crippen LogP contribution in [0.1, 0.15) is 24.5 Å². The fourth-order valence-electron chi connectivity index (χ4n) is 2.87. The molecule has 0 atom stereocenters. The third-order valence-corrected chi connectivity index (χ3v) is 3.99. The van der Waals surface area contributed by atoms with Crippen LogP contribution >= 0.6 is 0 Å². The lowest BCUT2D eigenvalue weighted by atomic mass is 10.1. The van der Waals surface area contributed by atoms with Gasteiger partial charge in [0.1, 0.15) is 0 Å². The highest BCUT2D eigenvalue weighted by Crippen LogP contribution is 2.23. The standard InChI is InChI=1S/C20H22N2O/c1-2-12-21-20(23)13-17-15-22(14-16-8-4-3-5-9-16)19-11-7-6-10-18(17)19/h3-11,15H,2,12-14H2,1H3,(H,21,23). The first-order valence-electron chi connectivity index (χ1n) is 8.15. The Bertz CT molecular complexity index is 790. The zero-order valence-corrected chi connectivity index (χ0v) is 13.5. The van der Waals surface area contributed by atoms with Crippen molar-refractivity contribution in [2.45, 2.75) is 26.3 Å². The second-order valence-electron chi connectivity index (χ2n) is 5.81. The van der Waals surface area contributed by atoms with Crippen molar-refractivity contribution in [3.05, 3.63) is 71.9 Å². The van der Waals surface area contributed by atoms with Crippen LogP contribution in [-0.4, -0.2) is 17.0 Å². The maximum absolute atomic E-state index is 12.1. The molecule has 0 aliphatic rings. The summed E-state index contributed by atoms with van der Waals surface area (Å²) in [6, 6.07) is 18.7. The Kier molecular flexibility index (Phi) is 4.77. The van der Waals surface area contributed by atoms with Gasteiger partial charge in [-0.1, -0.05) is 55.5 Å². The van der Waals surface area contributed by atoms with Crippen LogP contribution in [0.4, 0.5) is 0 Å². The molecule has 0 fully saturated rings. The van der Waals surface area contributed by atoms with E-state index >= 15 is 0 Å². The van der Waals surface area contributed by atoms with E-state index in [9.17, 15) is 4.79 Å². The summed E-state index contributed by atoms with van der Waals surface area (Å²) in [7, 11) is 0. The molecule has 3 nitrogen and oxygen atoms in total. The normalized spacial score (nSPS) is 10.8. The van der Waals surface area contributed by atoms with Gasteiger partial charge in [0.25, 0.3) is 0 Å². The highest BCUT2D eigenvalue weighted by Gasteiger charge is 2.11. The second-order valence-corrected chi connectivity index (χ2v) is 5.81. The topological polar surface area (TPSA) is 34.0 Å². The zero-order valence-electron chi connectivity index (χ0n) is 13.5. The molecular weight excluding hydrogens is 284 g/mol. The molecule has 1 amide bonds. The van der Waals surface area contributed by atoms with Crippen molar-refractivity contribution in [1.82, 2.24) is 9.88 Å². The number of nitrogens with zero attached hydrogens (tertiary/aromatic N) is 1. The third kappa shape index (κ3) is 3.62. The monoisotopic (exact) mass is 306 g/mol. The second kappa shape index (κ2) is 7.14. The van der Waals surface area contributed by atoms with Gasteiger partial charge in [-0.3, -0.25) is 4.79 Å². The van der Waals surface area contributed by atoms with Gasteiger partial charge in [-0.2, -0.15) is 0 Å². The molecule has 118 valence electrons. The third-order valence-electron chi connectivity index (χ3n) is 3.99. The number of carbonyl (C=O) groups excluding carboxylic acids is 1. The van der Waals surface area contributed by atoms with Gasteiger partial charge < -0.3 is 9.88 Å². The molecule has 2 aromatic carbocycles. The maximum atomic E-state index is 12.1. The van der Waals surface area contributed by atoms with Crippen LogP contribution in [-0.2, 0) is 17.8 Å². The van der Waals surface area contributed by atoms with E-state index in [4.69, 9.17) is 0 Å². The number of carbonyl (C=O) groups is 1. The summed E-state index contributed by atoms with van der Waals surface area (Å²) in [6.07, 6.45) is 3.51. The van der Waals surface area contributed by atoms with Gasteiger partial charge in [-0.25, -0.2) is 0 Å². The van der Waals surface area contributed by atoms with E-state index in [1.807, 2.05) is 18.2 Å². The molecule has 0 spiro atoms. The Morgan fingerprint density at radius 3 is 2.57 bits per heavy atom.